The Morgan fingerprint density at radius 2 is 1.93 bits per heavy atom. The van der Waals surface area contributed by atoms with Crippen molar-refractivity contribution in [2.45, 2.75) is 19.9 Å². The lowest BCUT2D eigenvalue weighted by Gasteiger charge is -2.30. The molecule has 156 valence electrons. The van der Waals surface area contributed by atoms with Crippen LogP contribution in [0.25, 0.3) is 0 Å². The Bertz CT molecular complexity index is 812. The van der Waals surface area contributed by atoms with E-state index < -0.39 is 0 Å². The second-order valence-electron chi connectivity index (χ2n) is 7.27. The van der Waals surface area contributed by atoms with Gasteiger partial charge in [-0.2, -0.15) is 0 Å². The first-order valence-corrected chi connectivity index (χ1v) is 10.7. The van der Waals surface area contributed by atoms with Crippen LogP contribution in [0.2, 0.25) is 5.02 Å². The van der Waals surface area contributed by atoms with E-state index in [1.165, 1.54) is 12.1 Å². The van der Waals surface area contributed by atoms with Crippen LogP contribution >= 0.6 is 23.8 Å². The van der Waals surface area contributed by atoms with Crippen LogP contribution in [-0.2, 0) is 11.3 Å². The smallest absolute Gasteiger partial charge is 0.173 e. The average molecular weight is 436 g/mol. The molecule has 0 saturated carbocycles. The molecule has 1 saturated heterocycles. The first kappa shape index (κ1) is 22.0. The third kappa shape index (κ3) is 6.93. The van der Waals surface area contributed by atoms with Crippen LogP contribution < -0.4 is 5.32 Å². The molecule has 2 aromatic carbocycles. The fourth-order valence-corrected chi connectivity index (χ4v) is 3.84. The zero-order valence-corrected chi connectivity index (χ0v) is 18.2. The predicted molar refractivity (Wildman–Crippen MR) is 121 cm³/mol. The number of anilines is 1. The second-order valence-corrected chi connectivity index (χ2v) is 8.06. The molecule has 0 aromatic heterocycles. The molecule has 0 unspecified atom stereocenters. The van der Waals surface area contributed by atoms with Gasteiger partial charge in [0.05, 0.1) is 23.9 Å². The first-order valence-electron chi connectivity index (χ1n) is 9.88. The highest BCUT2D eigenvalue weighted by Crippen LogP contribution is 2.23. The minimum absolute atomic E-state index is 0.236. The zero-order valence-electron chi connectivity index (χ0n) is 16.7. The highest BCUT2D eigenvalue weighted by atomic mass is 35.5. The Hall–Kier alpha value is -1.73. The molecule has 1 fully saturated rings. The second kappa shape index (κ2) is 10.9. The quantitative estimate of drug-likeness (QED) is 0.636. The van der Waals surface area contributed by atoms with Gasteiger partial charge in [-0.3, -0.25) is 4.90 Å². The molecule has 0 aliphatic carbocycles. The van der Waals surface area contributed by atoms with Crippen LogP contribution in [0.5, 0.6) is 0 Å². The number of thiocarbonyl (C=S) groups is 1. The van der Waals surface area contributed by atoms with Crippen molar-refractivity contribution < 1.29 is 9.13 Å². The molecular formula is C22H27ClFN3OS. The van der Waals surface area contributed by atoms with Gasteiger partial charge < -0.3 is 15.0 Å². The van der Waals surface area contributed by atoms with E-state index in [0.29, 0.717) is 16.7 Å². The van der Waals surface area contributed by atoms with Crippen molar-refractivity contribution in [1.29, 1.82) is 0 Å². The summed E-state index contributed by atoms with van der Waals surface area (Å²) in [5.74, 6) is -0.236. The molecule has 1 aliphatic rings. The van der Waals surface area contributed by atoms with Crippen molar-refractivity contribution in [3.63, 3.8) is 0 Å². The zero-order chi connectivity index (χ0) is 20.6. The number of nitrogens with one attached hydrogen (secondary N) is 1. The minimum Gasteiger partial charge on any atom is -0.379 e. The number of halogens is 2. The van der Waals surface area contributed by atoms with Gasteiger partial charge in [0.15, 0.2) is 5.11 Å². The molecular weight excluding hydrogens is 409 g/mol. The van der Waals surface area contributed by atoms with Gasteiger partial charge in [-0.15, -0.1) is 0 Å². The number of benzene rings is 2. The maximum absolute atomic E-state index is 13.3. The van der Waals surface area contributed by atoms with Gasteiger partial charge in [-0.25, -0.2) is 4.39 Å². The summed E-state index contributed by atoms with van der Waals surface area (Å²) in [5, 5.41) is 4.53. The van der Waals surface area contributed by atoms with E-state index >= 15 is 0 Å². The lowest BCUT2D eigenvalue weighted by Crippen LogP contribution is -2.40. The Morgan fingerprint density at radius 1 is 1.21 bits per heavy atom. The normalized spacial score (nSPS) is 14.6. The largest absolute Gasteiger partial charge is 0.379 e. The Kier molecular flexibility index (Phi) is 8.24. The number of rotatable bonds is 7. The number of morpholine rings is 1. The number of aryl methyl sites for hydroxylation is 1. The summed E-state index contributed by atoms with van der Waals surface area (Å²) in [5.41, 5.74) is 2.90. The minimum atomic E-state index is -0.236. The Labute approximate surface area is 182 Å². The van der Waals surface area contributed by atoms with Crippen LogP contribution in [-0.4, -0.2) is 54.3 Å². The van der Waals surface area contributed by atoms with E-state index in [1.54, 1.807) is 12.1 Å². The van der Waals surface area contributed by atoms with Gasteiger partial charge in [-0.1, -0.05) is 29.8 Å². The Morgan fingerprint density at radius 3 is 2.62 bits per heavy atom. The number of nitrogens with zero attached hydrogens (tertiary/aromatic N) is 2. The van der Waals surface area contributed by atoms with E-state index in [4.69, 9.17) is 28.6 Å². The predicted octanol–water partition coefficient (Wildman–Crippen LogP) is 4.71. The van der Waals surface area contributed by atoms with Crippen LogP contribution in [0, 0.1) is 12.7 Å². The number of ether oxygens (including phenoxy) is 1. The highest BCUT2D eigenvalue weighted by molar-refractivity contribution is 7.80. The fourth-order valence-electron chi connectivity index (χ4n) is 3.29. The molecule has 1 heterocycles. The third-order valence-corrected chi connectivity index (χ3v) is 5.62. The summed E-state index contributed by atoms with van der Waals surface area (Å²) in [7, 11) is 0. The topological polar surface area (TPSA) is 27.7 Å². The summed E-state index contributed by atoms with van der Waals surface area (Å²) >= 11 is 12.1. The van der Waals surface area contributed by atoms with Crippen molar-refractivity contribution in [1.82, 2.24) is 9.80 Å². The van der Waals surface area contributed by atoms with Gasteiger partial charge in [0.25, 0.3) is 0 Å². The summed E-state index contributed by atoms with van der Waals surface area (Å²) in [6.45, 7) is 7.94. The molecule has 0 atom stereocenters. The van der Waals surface area contributed by atoms with Crippen molar-refractivity contribution in [3.8, 4) is 0 Å². The monoisotopic (exact) mass is 435 g/mol. The molecule has 4 nitrogen and oxygen atoms in total. The summed E-state index contributed by atoms with van der Waals surface area (Å²) in [6.07, 6.45) is 0.977. The van der Waals surface area contributed by atoms with Crippen LogP contribution in [0.4, 0.5) is 10.1 Å². The third-order valence-electron chi connectivity index (χ3n) is 4.95. The van der Waals surface area contributed by atoms with Gasteiger partial charge in [-0.05, 0) is 61.0 Å². The molecule has 0 radical (unpaired) electrons. The van der Waals surface area contributed by atoms with Crippen LogP contribution in [0.1, 0.15) is 17.5 Å². The van der Waals surface area contributed by atoms with Crippen LogP contribution in [0.3, 0.4) is 0 Å². The van der Waals surface area contributed by atoms with Crippen LogP contribution in [0.15, 0.2) is 42.5 Å². The van der Waals surface area contributed by atoms with Gasteiger partial charge in [0.2, 0.25) is 0 Å². The van der Waals surface area contributed by atoms with Gasteiger partial charge >= 0.3 is 0 Å². The van der Waals surface area contributed by atoms with E-state index in [2.05, 4.69) is 15.1 Å². The SMILES string of the molecule is Cc1ccc(NC(=S)N(CCCN2CCOCC2)Cc2ccc(F)cc2)c(Cl)c1. The van der Waals surface area contributed by atoms with Crippen molar-refractivity contribution >= 4 is 34.6 Å². The van der Waals surface area contributed by atoms with E-state index in [9.17, 15) is 4.39 Å². The molecule has 29 heavy (non-hydrogen) atoms. The molecule has 3 rings (SSSR count). The molecule has 2 aromatic rings. The van der Waals surface area contributed by atoms with E-state index in [1.807, 2.05) is 25.1 Å². The molecule has 0 amide bonds. The highest BCUT2D eigenvalue weighted by Gasteiger charge is 2.15. The Balaban J connectivity index is 1.64. The van der Waals surface area contributed by atoms with Gasteiger partial charge in [0, 0.05) is 32.7 Å². The summed E-state index contributed by atoms with van der Waals surface area (Å²) in [6, 6.07) is 12.4. The van der Waals surface area contributed by atoms with E-state index in [-0.39, 0.29) is 5.82 Å². The number of hydrogen-bond acceptors (Lipinski definition) is 3. The maximum atomic E-state index is 13.3. The molecule has 0 spiro atoms. The lowest BCUT2D eigenvalue weighted by molar-refractivity contribution is 0.0368. The first-order chi connectivity index (χ1) is 14.0. The van der Waals surface area contributed by atoms with Crippen molar-refractivity contribution in [3.05, 3.63) is 64.4 Å². The van der Waals surface area contributed by atoms with Crippen molar-refractivity contribution in [2.75, 3.05) is 44.7 Å². The summed E-state index contributed by atoms with van der Waals surface area (Å²) < 4.78 is 18.7. The molecule has 1 aliphatic heterocycles. The van der Waals surface area contributed by atoms with Crippen molar-refractivity contribution in [2.24, 2.45) is 0 Å². The number of hydrogen-bond donors (Lipinski definition) is 1. The van der Waals surface area contributed by atoms with E-state index in [0.717, 1.165) is 62.6 Å². The lowest BCUT2D eigenvalue weighted by atomic mass is 10.2. The molecule has 1 N–H and O–H groups in total. The average Bonchev–Trinajstić information content (AvgIpc) is 2.71. The maximum Gasteiger partial charge on any atom is 0.173 e. The fraction of sp³-hybridized carbons (Fsp3) is 0.409. The van der Waals surface area contributed by atoms with Gasteiger partial charge in [0.1, 0.15) is 5.82 Å². The summed E-state index contributed by atoms with van der Waals surface area (Å²) in [4.78, 5) is 4.52. The molecule has 0 bridgehead atoms. The standard InChI is InChI=1S/C22H27ClFN3OS/c1-17-3-8-21(20(23)15-17)25-22(29)27(16-18-4-6-19(24)7-5-18)10-2-9-26-11-13-28-14-12-26/h3-8,15H,2,9-14,16H2,1H3,(H,25,29). The molecule has 7 heteroatoms.